The quantitative estimate of drug-likeness (QED) is 0.733. The van der Waals surface area contributed by atoms with Gasteiger partial charge in [-0.2, -0.15) is 0 Å². The molecular formula is C15H21ClN2. The maximum Gasteiger partial charge on any atom is 0.125 e. The van der Waals surface area contributed by atoms with Gasteiger partial charge in [0, 0.05) is 6.04 Å². The van der Waals surface area contributed by atoms with Crippen LogP contribution in [0.5, 0.6) is 0 Å². The van der Waals surface area contributed by atoms with Crippen LogP contribution in [0.3, 0.4) is 0 Å². The SMILES string of the molecule is Cc1cccc2c1nc(CCl)n2C(C)CC(C)C. The molecule has 2 aromatic rings. The highest BCUT2D eigenvalue weighted by atomic mass is 35.5. The Morgan fingerprint density at radius 3 is 2.61 bits per heavy atom. The van der Waals surface area contributed by atoms with Gasteiger partial charge in [0.2, 0.25) is 0 Å². The van der Waals surface area contributed by atoms with Crippen LogP contribution < -0.4 is 0 Å². The highest BCUT2D eigenvalue weighted by Crippen LogP contribution is 2.27. The molecule has 1 heterocycles. The Labute approximate surface area is 114 Å². The van der Waals surface area contributed by atoms with Crippen molar-refractivity contribution in [2.75, 3.05) is 0 Å². The van der Waals surface area contributed by atoms with E-state index >= 15 is 0 Å². The predicted octanol–water partition coefficient (Wildman–Crippen LogP) is 4.69. The van der Waals surface area contributed by atoms with E-state index in [4.69, 9.17) is 16.6 Å². The number of benzene rings is 1. The summed E-state index contributed by atoms with van der Waals surface area (Å²) >= 11 is 6.05. The van der Waals surface area contributed by atoms with Crippen molar-refractivity contribution < 1.29 is 0 Å². The Balaban J connectivity index is 2.57. The third-order valence-electron chi connectivity index (χ3n) is 3.37. The zero-order chi connectivity index (χ0) is 13.3. The van der Waals surface area contributed by atoms with Gasteiger partial charge in [-0.1, -0.05) is 26.0 Å². The van der Waals surface area contributed by atoms with Gasteiger partial charge in [0.05, 0.1) is 16.9 Å². The van der Waals surface area contributed by atoms with Crippen LogP contribution in [0.15, 0.2) is 18.2 Å². The summed E-state index contributed by atoms with van der Waals surface area (Å²) in [5.74, 6) is 2.12. The first-order chi connectivity index (χ1) is 8.54. The van der Waals surface area contributed by atoms with Crippen molar-refractivity contribution in [3.8, 4) is 0 Å². The van der Waals surface area contributed by atoms with E-state index in [1.807, 2.05) is 0 Å². The fourth-order valence-electron chi connectivity index (χ4n) is 2.68. The number of hydrogen-bond donors (Lipinski definition) is 0. The van der Waals surface area contributed by atoms with Crippen LogP contribution in [-0.2, 0) is 5.88 Å². The van der Waals surface area contributed by atoms with E-state index < -0.39 is 0 Å². The fraction of sp³-hybridized carbons (Fsp3) is 0.533. The van der Waals surface area contributed by atoms with Crippen molar-refractivity contribution in [2.45, 2.75) is 46.0 Å². The van der Waals surface area contributed by atoms with Gasteiger partial charge in [0.1, 0.15) is 5.82 Å². The standard InChI is InChI=1S/C15H21ClN2/c1-10(2)8-12(4)18-13-7-5-6-11(3)15(13)17-14(18)9-16/h5-7,10,12H,8-9H2,1-4H3. The van der Waals surface area contributed by atoms with Gasteiger partial charge in [-0.25, -0.2) is 4.98 Å². The minimum atomic E-state index is 0.436. The molecular weight excluding hydrogens is 244 g/mol. The van der Waals surface area contributed by atoms with E-state index in [0.29, 0.717) is 17.8 Å². The van der Waals surface area contributed by atoms with E-state index in [1.165, 1.54) is 11.1 Å². The lowest BCUT2D eigenvalue weighted by atomic mass is 10.0. The molecule has 0 aliphatic rings. The lowest BCUT2D eigenvalue weighted by Gasteiger charge is -2.19. The van der Waals surface area contributed by atoms with Gasteiger partial charge in [0.15, 0.2) is 0 Å². The Hall–Kier alpha value is -1.02. The van der Waals surface area contributed by atoms with Crippen molar-refractivity contribution in [3.63, 3.8) is 0 Å². The monoisotopic (exact) mass is 264 g/mol. The lowest BCUT2D eigenvalue weighted by Crippen LogP contribution is -2.10. The number of fused-ring (bicyclic) bond motifs is 1. The topological polar surface area (TPSA) is 17.8 Å². The number of para-hydroxylation sites is 1. The van der Waals surface area contributed by atoms with Gasteiger partial charge in [-0.15, -0.1) is 11.6 Å². The summed E-state index contributed by atoms with van der Waals surface area (Å²) in [5, 5.41) is 0. The second kappa shape index (κ2) is 5.31. The van der Waals surface area contributed by atoms with Crippen molar-refractivity contribution >= 4 is 22.6 Å². The van der Waals surface area contributed by atoms with E-state index in [9.17, 15) is 0 Å². The third kappa shape index (κ3) is 2.39. The van der Waals surface area contributed by atoms with Crippen molar-refractivity contribution in [1.82, 2.24) is 9.55 Å². The van der Waals surface area contributed by atoms with Crippen LogP contribution in [-0.4, -0.2) is 9.55 Å². The number of hydrogen-bond acceptors (Lipinski definition) is 1. The molecule has 2 nitrogen and oxygen atoms in total. The smallest absolute Gasteiger partial charge is 0.125 e. The van der Waals surface area contributed by atoms with Crippen molar-refractivity contribution in [1.29, 1.82) is 0 Å². The number of nitrogens with zero attached hydrogens (tertiary/aromatic N) is 2. The van der Waals surface area contributed by atoms with Crippen LogP contribution in [0.4, 0.5) is 0 Å². The van der Waals surface area contributed by atoms with E-state index in [1.54, 1.807) is 0 Å². The minimum Gasteiger partial charge on any atom is -0.324 e. The molecule has 0 radical (unpaired) electrons. The summed E-state index contributed by atoms with van der Waals surface area (Å²) in [5.41, 5.74) is 3.51. The molecule has 1 unspecified atom stereocenters. The molecule has 1 aromatic heterocycles. The van der Waals surface area contributed by atoms with E-state index in [2.05, 4.69) is 50.5 Å². The van der Waals surface area contributed by atoms with Crippen LogP contribution in [0.1, 0.15) is 44.6 Å². The molecule has 0 bridgehead atoms. The van der Waals surface area contributed by atoms with Crippen LogP contribution in [0.2, 0.25) is 0 Å². The first-order valence-electron chi connectivity index (χ1n) is 6.57. The molecule has 0 amide bonds. The molecule has 0 fully saturated rings. The molecule has 0 spiro atoms. The number of aromatic nitrogens is 2. The number of imidazole rings is 1. The molecule has 0 aliphatic carbocycles. The normalized spacial score (nSPS) is 13.4. The Morgan fingerprint density at radius 1 is 1.28 bits per heavy atom. The van der Waals surface area contributed by atoms with Gasteiger partial charge in [-0.05, 0) is 37.8 Å². The average molecular weight is 265 g/mol. The van der Waals surface area contributed by atoms with E-state index in [0.717, 1.165) is 17.8 Å². The number of rotatable bonds is 4. The number of halogens is 1. The molecule has 1 aromatic carbocycles. The molecule has 0 N–H and O–H groups in total. The largest absolute Gasteiger partial charge is 0.324 e. The highest BCUT2D eigenvalue weighted by Gasteiger charge is 2.16. The van der Waals surface area contributed by atoms with Crippen LogP contribution >= 0.6 is 11.6 Å². The molecule has 0 saturated carbocycles. The summed E-state index contributed by atoms with van der Waals surface area (Å²) in [6, 6.07) is 6.77. The summed E-state index contributed by atoms with van der Waals surface area (Å²) in [7, 11) is 0. The number of alkyl halides is 1. The molecule has 98 valence electrons. The predicted molar refractivity (Wildman–Crippen MR) is 78.2 cm³/mol. The Kier molecular flexibility index (Phi) is 3.96. The average Bonchev–Trinajstić information content (AvgIpc) is 2.68. The maximum atomic E-state index is 6.05. The molecule has 3 heteroatoms. The number of aryl methyl sites for hydroxylation is 1. The fourth-order valence-corrected chi connectivity index (χ4v) is 2.87. The van der Waals surface area contributed by atoms with Gasteiger partial charge in [-0.3, -0.25) is 0 Å². The van der Waals surface area contributed by atoms with Gasteiger partial charge >= 0.3 is 0 Å². The molecule has 2 rings (SSSR count). The summed E-state index contributed by atoms with van der Waals surface area (Å²) in [6.45, 7) is 8.85. The zero-order valence-corrected chi connectivity index (χ0v) is 12.3. The summed E-state index contributed by atoms with van der Waals surface area (Å²) in [4.78, 5) is 4.69. The molecule has 18 heavy (non-hydrogen) atoms. The third-order valence-corrected chi connectivity index (χ3v) is 3.61. The minimum absolute atomic E-state index is 0.436. The second-order valence-corrected chi connectivity index (χ2v) is 5.72. The molecule has 0 saturated heterocycles. The first-order valence-corrected chi connectivity index (χ1v) is 7.10. The Bertz CT molecular complexity index is 543. The van der Waals surface area contributed by atoms with Crippen molar-refractivity contribution in [3.05, 3.63) is 29.6 Å². The van der Waals surface area contributed by atoms with Crippen LogP contribution in [0.25, 0.3) is 11.0 Å². The zero-order valence-electron chi connectivity index (χ0n) is 11.6. The summed E-state index contributed by atoms with van der Waals surface area (Å²) < 4.78 is 2.30. The maximum absolute atomic E-state index is 6.05. The Morgan fingerprint density at radius 2 is 2.00 bits per heavy atom. The van der Waals surface area contributed by atoms with E-state index in [-0.39, 0.29) is 0 Å². The molecule has 1 atom stereocenters. The van der Waals surface area contributed by atoms with Gasteiger partial charge < -0.3 is 4.57 Å². The second-order valence-electron chi connectivity index (χ2n) is 5.45. The molecule has 0 aliphatic heterocycles. The first kappa shape index (κ1) is 13.4. The van der Waals surface area contributed by atoms with Gasteiger partial charge in [0.25, 0.3) is 0 Å². The van der Waals surface area contributed by atoms with Crippen molar-refractivity contribution in [2.24, 2.45) is 5.92 Å². The summed E-state index contributed by atoms with van der Waals surface area (Å²) in [6.07, 6.45) is 1.14. The highest BCUT2D eigenvalue weighted by molar-refractivity contribution is 6.16. The lowest BCUT2D eigenvalue weighted by molar-refractivity contribution is 0.428. The van der Waals surface area contributed by atoms with Crippen LogP contribution in [0, 0.1) is 12.8 Å².